The third-order valence-corrected chi connectivity index (χ3v) is 6.99. The summed E-state index contributed by atoms with van der Waals surface area (Å²) >= 11 is 0. The molecule has 2 amide bonds. The summed E-state index contributed by atoms with van der Waals surface area (Å²) in [6.45, 7) is 1.08. The maximum atomic E-state index is 13.8. The highest BCUT2D eigenvalue weighted by Crippen LogP contribution is 2.42. The molecule has 2 fully saturated rings. The van der Waals surface area contributed by atoms with Crippen molar-refractivity contribution in [1.29, 1.82) is 0 Å². The number of benzene rings is 1. The van der Waals surface area contributed by atoms with E-state index in [0.717, 1.165) is 18.9 Å². The molecule has 3 aromatic rings. The number of amides is 2. The van der Waals surface area contributed by atoms with E-state index in [2.05, 4.69) is 20.7 Å². The number of aryl methyl sites for hydroxylation is 1. The summed E-state index contributed by atoms with van der Waals surface area (Å²) in [5.41, 5.74) is 0.254. The molecule has 0 unspecified atom stereocenters. The van der Waals surface area contributed by atoms with Crippen LogP contribution in [0.2, 0.25) is 0 Å². The normalized spacial score (nSPS) is 21.1. The number of alkyl halides is 3. The zero-order chi connectivity index (χ0) is 29.7. The Kier molecular flexibility index (Phi) is 5.68. The van der Waals surface area contributed by atoms with Crippen molar-refractivity contribution in [2.75, 3.05) is 13.6 Å². The van der Waals surface area contributed by atoms with Crippen molar-refractivity contribution >= 4 is 11.8 Å². The quantitative estimate of drug-likeness (QED) is 0.500. The zero-order valence-corrected chi connectivity index (χ0v) is 20.7. The van der Waals surface area contributed by atoms with Crippen molar-refractivity contribution in [2.45, 2.75) is 56.9 Å². The molecule has 2 aromatic heterocycles. The number of methoxy groups -OCH3 is 1. The van der Waals surface area contributed by atoms with Crippen molar-refractivity contribution in [3.8, 4) is 5.75 Å². The van der Waals surface area contributed by atoms with Gasteiger partial charge in [0.25, 0.3) is 5.91 Å². The first kappa shape index (κ1) is 22.1. The second-order valence-electron chi connectivity index (χ2n) is 9.63. The fraction of sp³-hybridized carbons (Fsp3) is 0.480. The molecule has 0 radical (unpaired) electrons. The van der Waals surface area contributed by atoms with Crippen LogP contribution >= 0.6 is 0 Å². The number of hydrogen-bond acceptors (Lipinski definition) is 6. The molecule has 1 aliphatic heterocycles. The average molecular weight is 535 g/mol. The van der Waals surface area contributed by atoms with Gasteiger partial charge in [0.15, 0.2) is 5.69 Å². The third-order valence-electron chi connectivity index (χ3n) is 6.99. The molecule has 202 valence electrons. The second-order valence-corrected chi connectivity index (χ2v) is 9.63. The smallest absolute Gasteiger partial charge is 0.433 e. The van der Waals surface area contributed by atoms with Gasteiger partial charge in [-0.05, 0) is 49.4 Å². The topological polar surface area (TPSA) is 107 Å². The van der Waals surface area contributed by atoms with Crippen molar-refractivity contribution in [1.82, 2.24) is 35.0 Å². The molecule has 2 aliphatic rings. The lowest BCUT2D eigenvalue weighted by molar-refractivity contribution is -0.146. The molecule has 3 heterocycles. The Balaban J connectivity index is 1.48. The summed E-state index contributed by atoms with van der Waals surface area (Å²) in [7, 11) is -1.14. The minimum atomic E-state index is -4.70. The van der Waals surface area contributed by atoms with Gasteiger partial charge in [0, 0.05) is 19.5 Å². The van der Waals surface area contributed by atoms with Gasteiger partial charge in [0.2, 0.25) is 5.91 Å². The van der Waals surface area contributed by atoms with Crippen LogP contribution in [0.15, 0.2) is 30.5 Å². The Morgan fingerprint density at radius 3 is 2.71 bits per heavy atom. The SMILES string of the molecule is [2H]C([2H])([2H])Oc1cccc([C@@H]2[C@H](NC(=O)c3cn(C)nn3)CCN2C(=O)Cn2nc(C3CC3)cc2C(F)(F)F)c1C. The lowest BCUT2D eigenvalue weighted by atomic mass is 9.95. The number of nitrogens with one attached hydrogen (secondary N) is 1. The molecule has 10 nitrogen and oxygen atoms in total. The fourth-order valence-electron chi connectivity index (χ4n) is 4.95. The number of hydrogen-bond donors (Lipinski definition) is 1. The lowest BCUT2D eigenvalue weighted by Crippen LogP contribution is -2.42. The average Bonchev–Trinajstić information content (AvgIpc) is 3.26. The number of aromatic nitrogens is 5. The number of likely N-dealkylation sites (tertiary alicyclic amines) is 1. The van der Waals surface area contributed by atoms with Crippen LogP contribution < -0.4 is 10.1 Å². The van der Waals surface area contributed by atoms with E-state index in [0.29, 0.717) is 21.5 Å². The van der Waals surface area contributed by atoms with Gasteiger partial charge >= 0.3 is 6.18 Å². The maximum absolute atomic E-state index is 13.8. The van der Waals surface area contributed by atoms with Crippen molar-refractivity contribution in [3.63, 3.8) is 0 Å². The molecule has 13 heteroatoms. The van der Waals surface area contributed by atoms with E-state index in [1.165, 1.54) is 21.8 Å². The van der Waals surface area contributed by atoms with E-state index < -0.39 is 49.4 Å². The summed E-state index contributed by atoms with van der Waals surface area (Å²) in [5.74, 6) is -1.17. The highest BCUT2D eigenvalue weighted by atomic mass is 19.4. The molecule has 38 heavy (non-hydrogen) atoms. The number of carbonyl (C=O) groups is 2. The highest BCUT2D eigenvalue weighted by molar-refractivity contribution is 5.92. The molecular formula is C25H28F3N7O3. The van der Waals surface area contributed by atoms with E-state index in [4.69, 9.17) is 8.85 Å². The maximum Gasteiger partial charge on any atom is 0.433 e. The minimum Gasteiger partial charge on any atom is -0.496 e. The van der Waals surface area contributed by atoms with Gasteiger partial charge in [-0.25, -0.2) is 0 Å². The summed E-state index contributed by atoms with van der Waals surface area (Å²) < 4.78 is 71.1. The Morgan fingerprint density at radius 1 is 1.26 bits per heavy atom. The Bertz CT molecular complexity index is 1470. The van der Waals surface area contributed by atoms with Crippen LogP contribution in [-0.2, 0) is 24.6 Å². The predicted octanol–water partition coefficient (Wildman–Crippen LogP) is 3.00. The number of carbonyl (C=O) groups excluding carboxylic acids is 2. The summed E-state index contributed by atoms with van der Waals surface area (Å²) in [4.78, 5) is 28.0. The van der Waals surface area contributed by atoms with Crippen LogP contribution in [0.5, 0.6) is 5.75 Å². The van der Waals surface area contributed by atoms with Crippen molar-refractivity contribution in [2.24, 2.45) is 7.05 Å². The molecule has 1 N–H and O–H groups in total. The number of nitrogens with zero attached hydrogens (tertiary/aromatic N) is 6. The molecule has 2 atom stereocenters. The van der Waals surface area contributed by atoms with Crippen molar-refractivity contribution < 1.29 is 31.6 Å². The summed E-state index contributed by atoms with van der Waals surface area (Å²) in [6, 6.07) is 4.19. The van der Waals surface area contributed by atoms with Gasteiger partial charge in [-0.15, -0.1) is 5.10 Å². The molecule has 1 aliphatic carbocycles. The van der Waals surface area contributed by atoms with Crippen LogP contribution in [-0.4, -0.2) is 61.1 Å². The van der Waals surface area contributed by atoms with Gasteiger partial charge in [0.05, 0.1) is 35.1 Å². The summed E-state index contributed by atoms with van der Waals surface area (Å²) in [6.07, 6.45) is -1.50. The molecule has 1 saturated carbocycles. The molecule has 5 rings (SSSR count). The number of ether oxygens (including phenoxy) is 1. The molecular weight excluding hydrogens is 503 g/mol. The number of halogens is 3. The molecule has 0 spiro atoms. The van der Waals surface area contributed by atoms with Gasteiger partial charge in [-0.2, -0.15) is 18.3 Å². The first-order valence-electron chi connectivity index (χ1n) is 13.6. The van der Waals surface area contributed by atoms with Gasteiger partial charge in [0.1, 0.15) is 18.0 Å². The minimum absolute atomic E-state index is 0.0451. The van der Waals surface area contributed by atoms with Gasteiger partial charge < -0.3 is 15.0 Å². The third kappa shape index (κ3) is 4.96. The Morgan fingerprint density at radius 2 is 2.05 bits per heavy atom. The van der Waals surface area contributed by atoms with E-state index in [-0.39, 0.29) is 30.3 Å². The van der Waals surface area contributed by atoms with Crippen LogP contribution in [0.1, 0.15) is 68.3 Å². The van der Waals surface area contributed by atoms with E-state index in [1.54, 1.807) is 26.1 Å². The predicted molar refractivity (Wildman–Crippen MR) is 128 cm³/mol. The van der Waals surface area contributed by atoms with Crippen LogP contribution in [0, 0.1) is 6.92 Å². The largest absolute Gasteiger partial charge is 0.496 e. The fourth-order valence-corrected chi connectivity index (χ4v) is 4.95. The van der Waals surface area contributed by atoms with Crippen LogP contribution in [0.4, 0.5) is 13.2 Å². The highest BCUT2D eigenvalue weighted by Gasteiger charge is 2.42. The van der Waals surface area contributed by atoms with Gasteiger partial charge in [-0.3, -0.25) is 19.0 Å². The zero-order valence-electron chi connectivity index (χ0n) is 23.7. The monoisotopic (exact) mass is 534 g/mol. The number of rotatable bonds is 7. The molecule has 1 saturated heterocycles. The molecule has 1 aromatic carbocycles. The van der Waals surface area contributed by atoms with Crippen LogP contribution in [0.3, 0.4) is 0 Å². The summed E-state index contributed by atoms with van der Waals surface area (Å²) in [5, 5.41) is 14.5. The van der Waals surface area contributed by atoms with E-state index >= 15 is 0 Å². The van der Waals surface area contributed by atoms with Crippen LogP contribution in [0.25, 0.3) is 0 Å². The lowest BCUT2D eigenvalue weighted by Gasteiger charge is -2.31. The second kappa shape index (κ2) is 9.76. The Hall–Kier alpha value is -3.90. The Labute approximate surface area is 221 Å². The van der Waals surface area contributed by atoms with E-state index in [1.807, 2.05) is 0 Å². The standard InChI is InChI=1S/C25H28F3N7O3/c1-14-16(5-4-6-20(14)38-3)23-17(29-24(37)19-12-33(2)32-30-19)9-10-34(23)22(36)13-35-21(25(26,27)28)11-18(31-35)15-7-8-15/h4-6,11-12,15,17,23H,7-10,13H2,1-3H3,(H,29,37)/t17-,23-/m1/s1/i3D3. The van der Waals surface area contributed by atoms with E-state index in [9.17, 15) is 22.8 Å². The van der Waals surface area contributed by atoms with Gasteiger partial charge in [-0.1, -0.05) is 17.3 Å². The first-order valence-corrected chi connectivity index (χ1v) is 12.1. The molecule has 0 bridgehead atoms. The first-order chi connectivity index (χ1) is 19.2. The van der Waals surface area contributed by atoms with Crippen molar-refractivity contribution in [3.05, 3.63) is 58.7 Å².